The number of nitrogens with one attached hydrogen (secondary N) is 1. The van der Waals surface area contributed by atoms with Crippen LogP contribution >= 0.6 is 0 Å². The van der Waals surface area contributed by atoms with Gasteiger partial charge in [0, 0.05) is 22.2 Å². The van der Waals surface area contributed by atoms with Gasteiger partial charge in [-0.05, 0) is 91.7 Å². The van der Waals surface area contributed by atoms with Crippen molar-refractivity contribution in [3.63, 3.8) is 0 Å². The van der Waals surface area contributed by atoms with E-state index in [0.29, 0.717) is 0 Å². The van der Waals surface area contributed by atoms with Crippen LogP contribution in [0.4, 0.5) is 11.4 Å². The fourth-order valence-electron chi connectivity index (χ4n) is 6.50. The third-order valence-corrected chi connectivity index (χ3v) is 8.42. The predicted octanol–water partition coefficient (Wildman–Crippen LogP) is 9.20. The minimum Gasteiger partial charge on any atom is -0.356 e. The summed E-state index contributed by atoms with van der Waals surface area (Å²) in [5, 5.41) is 6.26. The van der Waals surface area contributed by atoms with Gasteiger partial charge in [0.25, 0.3) is 0 Å². The highest BCUT2D eigenvalue weighted by molar-refractivity contribution is 6.03. The van der Waals surface area contributed by atoms with E-state index in [1.807, 2.05) is 0 Å². The summed E-state index contributed by atoms with van der Waals surface area (Å²) in [7, 11) is 0. The molecule has 0 saturated carbocycles. The molecule has 0 bridgehead atoms. The SMILES string of the molecule is CC1(C)c2cc(Nc3ccccc3)ccc2-c2cc3c(cc21)-c1c(ccc2ccccc12)C3(C)C. The highest BCUT2D eigenvalue weighted by Crippen LogP contribution is 2.57. The molecule has 0 saturated heterocycles. The van der Waals surface area contributed by atoms with Crippen molar-refractivity contribution in [2.24, 2.45) is 0 Å². The second kappa shape index (κ2) is 6.86. The summed E-state index contributed by atoms with van der Waals surface area (Å²) < 4.78 is 0. The Bertz CT molecular complexity index is 1650. The van der Waals surface area contributed by atoms with E-state index >= 15 is 0 Å². The molecule has 1 N–H and O–H groups in total. The van der Waals surface area contributed by atoms with E-state index in [1.54, 1.807) is 0 Å². The molecule has 0 amide bonds. The molecule has 5 aromatic carbocycles. The maximum absolute atomic E-state index is 3.59. The first kappa shape index (κ1) is 20.5. The molecule has 0 aliphatic heterocycles. The van der Waals surface area contributed by atoms with Crippen molar-refractivity contribution in [2.75, 3.05) is 5.32 Å². The molecule has 2 aliphatic rings. The van der Waals surface area contributed by atoms with Crippen LogP contribution in [-0.2, 0) is 10.8 Å². The molecule has 0 unspecified atom stereocenters. The summed E-state index contributed by atoms with van der Waals surface area (Å²) in [4.78, 5) is 0. The van der Waals surface area contributed by atoms with Gasteiger partial charge < -0.3 is 5.32 Å². The van der Waals surface area contributed by atoms with E-state index in [2.05, 4.69) is 130 Å². The Hall–Kier alpha value is -3.84. The van der Waals surface area contributed by atoms with Crippen LogP contribution in [0.25, 0.3) is 33.0 Å². The average Bonchev–Trinajstić information content (AvgIpc) is 3.23. The van der Waals surface area contributed by atoms with Crippen LogP contribution in [0.1, 0.15) is 49.9 Å². The summed E-state index contributed by atoms with van der Waals surface area (Å²) in [6.07, 6.45) is 0. The smallest absolute Gasteiger partial charge is 0.0387 e. The summed E-state index contributed by atoms with van der Waals surface area (Å²) in [5.74, 6) is 0. The number of para-hydroxylation sites is 1. The molecule has 0 atom stereocenters. The Morgan fingerprint density at radius 2 is 1.14 bits per heavy atom. The minimum absolute atomic E-state index is 0.0224. The molecule has 0 heterocycles. The number of rotatable bonds is 2. The summed E-state index contributed by atoms with van der Waals surface area (Å²) in [6.45, 7) is 9.51. The van der Waals surface area contributed by atoms with Crippen LogP contribution in [0.5, 0.6) is 0 Å². The standard InChI is InChI=1S/C34H29N/c1-33(2)28-17-14-21-10-8-9-13-24(21)32(28)27-20-30-26(19-31(27)33)25-16-15-23(18-29(25)34(30,3)4)35-22-11-6-5-7-12-22/h5-20,35H,1-4H3. The maximum atomic E-state index is 3.59. The molecule has 1 nitrogen and oxygen atoms in total. The fourth-order valence-corrected chi connectivity index (χ4v) is 6.50. The number of benzene rings is 5. The average molecular weight is 452 g/mol. The van der Waals surface area contributed by atoms with Crippen LogP contribution in [0.15, 0.2) is 97.1 Å². The van der Waals surface area contributed by atoms with Gasteiger partial charge in [0.15, 0.2) is 0 Å². The topological polar surface area (TPSA) is 12.0 Å². The van der Waals surface area contributed by atoms with Gasteiger partial charge in [0.05, 0.1) is 0 Å². The quantitative estimate of drug-likeness (QED) is 0.282. The van der Waals surface area contributed by atoms with Crippen LogP contribution in [-0.4, -0.2) is 0 Å². The summed E-state index contributed by atoms with van der Waals surface area (Å²) in [5.41, 5.74) is 13.5. The van der Waals surface area contributed by atoms with Crippen LogP contribution in [0.3, 0.4) is 0 Å². The molecule has 170 valence electrons. The normalized spacial score (nSPS) is 15.9. The lowest BCUT2D eigenvalue weighted by Gasteiger charge is -2.24. The Labute approximate surface area is 207 Å². The first-order chi connectivity index (χ1) is 16.9. The van der Waals surface area contributed by atoms with Gasteiger partial charge in [-0.1, -0.05) is 88.4 Å². The lowest BCUT2D eigenvalue weighted by molar-refractivity contribution is 0.652. The molecule has 0 fully saturated rings. The zero-order valence-corrected chi connectivity index (χ0v) is 20.7. The molecule has 5 aromatic rings. The van der Waals surface area contributed by atoms with Crippen molar-refractivity contribution in [1.82, 2.24) is 0 Å². The van der Waals surface area contributed by atoms with Crippen molar-refractivity contribution < 1.29 is 0 Å². The first-order valence-corrected chi connectivity index (χ1v) is 12.5. The molecular weight excluding hydrogens is 422 g/mol. The first-order valence-electron chi connectivity index (χ1n) is 12.5. The van der Waals surface area contributed by atoms with Crippen molar-refractivity contribution in [3.05, 3.63) is 119 Å². The summed E-state index contributed by atoms with van der Waals surface area (Å²) in [6, 6.07) is 35.8. The lowest BCUT2D eigenvalue weighted by atomic mass is 9.79. The Kier molecular flexibility index (Phi) is 4.02. The van der Waals surface area contributed by atoms with Gasteiger partial charge in [-0.15, -0.1) is 0 Å². The zero-order valence-electron chi connectivity index (χ0n) is 20.7. The minimum atomic E-state index is -0.0639. The second-order valence-corrected chi connectivity index (χ2v) is 11.2. The predicted molar refractivity (Wildman–Crippen MR) is 149 cm³/mol. The van der Waals surface area contributed by atoms with Gasteiger partial charge >= 0.3 is 0 Å². The molecule has 7 rings (SSSR count). The molecule has 0 spiro atoms. The molecule has 1 heteroatoms. The highest BCUT2D eigenvalue weighted by atomic mass is 14.9. The van der Waals surface area contributed by atoms with E-state index in [4.69, 9.17) is 0 Å². The molecule has 0 radical (unpaired) electrons. The summed E-state index contributed by atoms with van der Waals surface area (Å²) >= 11 is 0. The third-order valence-electron chi connectivity index (χ3n) is 8.42. The lowest BCUT2D eigenvalue weighted by Crippen LogP contribution is -2.17. The van der Waals surface area contributed by atoms with E-state index in [9.17, 15) is 0 Å². The van der Waals surface area contributed by atoms with Crippen molar-refractivity contribution in [3.8, 4) is 22.3 Å². The second-order valence-electron chi connectivity index (χ2n) is 11.2. The zero-order chi connectivity index (χ0) is 23.9. The Morgan fingerprint density at radius 1 is 0.486 bits per heavy atom. The number of hydrogen-bond acceptors (Lipinski definition) is 1. The van der Waals surface area contributed by atoms with Crippen molar-refractivity contribution >= 4 is 22.1 Å². The Balaban J connectivity index is 1.42. The molecular formula is C34H29N. The van der Waals surface area contributed by atoms with E-state index in [0.717, 1.165) is 11.4 Å². The molecule has 2 aliphatic carbocycles. The van der Waals surface area contributed by atoms with E-state index < -0.39 is 0 Å². The number of fused-ring (bicyclic) bond motifs is 8. The maximum Gasteiger partial charge on any atom is 0.0387 e. The van der Waals surface area contributed by atoms with E-state index in [-0.39, 0.29) is 10.8 Å². The molecule has 0 aromatic heterocycles. The molecule has 35 heavy (non-hydrogen) atoms. The fraction of sp³-hybridized carbons (Fsp3) is 0.176. The van der Waals surface area contributed by atoms with Crippen molar-refractivity contribution in [1.29, 1.82) is 0 Å². The number of anilines is 2. The monoisotopic (exact) mass is 451 g/mol. The van der Waals surface area contributed by atoms with E-state index in [1.165, 1.54) is 55.3 Å². The van der Waals surface area contributed by atoms with Crippen LogP contribution in [0, 0.1) is 0 Å². The van der Waals surface area contributed by atoms with Crippen molar-refractivity contribution in [2.45, 2.75) is 38.5 Å². The third kappa shape index (κ3) is 2.76. The largest absolute Gasteiger partial charge is 0.356 e. The van der Waals surface area contributed by atoms with Gasteiger partial charge in [-0.3, -0.25) is 0 Å². The Morgan fingerprint density at radius 3 is 1.97 bits per heavy atom. The highest BCUT2D eigenvalue weighted by Gasteiger charge is 2.42. The van der Waals surface area contributed by atoms with Crippen LogP contribution in [0.2, 0.25) is 0 Å². The number of hydrogen-bond donors (Lipinski definition) is 1. The van der Waals surface area contributed by atoms with Gasteiger partial charge in [0.2, 0.25) is 0 Å². The van der Waals surface area contributed by atoms with Gasteiger partial charge in [-0.25, -0.2) is 0 Å². The van der Waals surface area contributed by atoms with Gasteiger partial charge in [-0.2, -0.15) is 0 Å². The van der Waals surface area contributed by atoms with Crippen LogP contribution < -0.4 is 5.32 Å². The van der Waals surface area contributed by atoms with Gasteiger partial charge in [0.1, 0.15) is 0 Å².